The molecule has 0 aromatic rings. The first kappa shape index (κ1) is 20.1. The number of allylic oxidation sites excluding steroid dienone is 1. The van der Waals surface area contributed by atoms with E-state index in [1.165, 1.54) is 30.4 Å². The molecule has 2 atom stereocenters. The number of sulfone groups is 1. The van der Waals surface area contributed by atoms with Gasteiger partial charge in [-0.25, -0.2) is 8.42 Å². The summed E-state index contributed by atoms with van der Waals surface area (Å²) in [6.07, 6.45) is 12.8. The number of hydrogen-bond acceptors (Lipinski definition) is 5. The van der Waals surface area contributed by atoms with Crippen LogP contribution in [-0.4, -0.2) is 56.7 Å². The second-order valence-electron chi connectivity index (χ2n) is 7.95. The van der Waals surface area contributed by atoms with Gasteiger partial charge in [0.2, 0.25) is 0 Å². The maximum Gasteiger partial charge on any atom is 0.257 e. The molecule has 0 aromatic heterocycles. The molecule has 7 nitrogen and oxygen atoms in total. The number of carbonyl (C=O) groups is 1. The Balaban J connectivity index is 1.68. The van der Waals surface area contributed by atoms with Gasteiger partial charge in [-0.3, -0.25) is 15.1 Å². The van der Waals surface area contributed by atoms with Gasteiger partial charge in [0.15, 0.2) is 15.8 Å². The molecule has 0 aromatic carbocycles. The number of amides is 1. The van der Waals surface area contributed by atoms with Gasteiger partial charge in [-0.15, -0.1) is 0 Å². The predicted molar refractivity (Wildman–Crippen MR) is 104 cm³/mol. The number of rotatable bonds is 6. The second kappa shape index (κ2) is 7.75. The topological polar surface area (TPSA) is 99.6 Å². The molecule has 2 N–H and O–H groups in total. The zero-order valence-corrected chi connectivity index (χ0v) is 16.8. The summed E-state index contributed by atoms with van der Waals surface area (Å²) in [5, 5.41) is 11.1. The van der Waals surface area contributed by atoms with Crippen molar-refractivity contribution in [3.63, 3.8) is 0 Å². The van der Waals surface area contributed by atoms with Crippen LogP contribution in [0.1, 0.15) is 44.9 Å². The molecule has 1 aliphatic heterocycles. The highest BCUT2D eigenvalue weighted by Crippen LogP contribution is 2.34. The van der Waals surface area contributed by atoms with Crippen LogP contribution in [0.25, 0.3) is 0 Å². The van der Waals surface area contributed by atoms with Crippen molar-refractivity contribution in [2.24, 2.45) is 5.92 Å². The van der Waals surface area contributed by atoms with Gasteiger partial charge in [0.1, 0.15) is 5.54 Å². The Morgan fingerprint density at radius 2 is 2.04 bits per heavy atom. The number of carbonyl (C=O) groups excluding carboxylic acids is 1. The third-order valence-electron chi connectivity index (χ3n) is 5.77. The molecule has 8 heteroatoms. The van der Waals surface area contributed by atoms with Crippen LogP contribution in [0.3, 0.4) is 0 Å². The first-order valence-electron chi connectivity index (χ1n) is 9.56. The Hall–Kier alpha value is -1.67. The van der Waals surface area contributed by atoms with Gasteiger partial charge in [-0.05, 0) is 24.8 Å². The molecule has 0 bridgehead atoms. The molecule has 3 rings (SSSR count). The highest BCUT2D eigenvalue weighted by molar-refractivity contribution is 7.94. The SMILES string of the molecule is CN1C(=N)NC(COC2C=CC(S(C)(=O)=O)=CC2)(CC2CCCCC2)C1=O. The van der Waals surface area contributed by atoms with E-state index in [1.807, 2.05) is 0 Å². The average molecular weight is 396 g/mol. The lowest BCUT2D eigenvalue weighted by Crippen LogP contribution is -2.53. The summed E-state index contributed by atoms with van der Waals surface area (Å²) in [6.45, 7) is 0.173. The summed E-state index contributed by atoms with van der Waals surface area (Å²) in [5.41, 5.74) is -0.900. The summed E-state index contributed by atoms with van der Waals surface area (Å²) in [4.78, 5) is 14.6. The van der Waals surface area contributed by atoms with Gasteiger partial charge in [0.05, 0.1) is 17.6 Å². The minimum absolute atomic E-state index is 0.109. The van der Waals surface area contributed by atoms with Crippen molar-refractivity contribution in [2.75, 3.05) is 19.9 Å². The zero-order chi connectivity index (χ0) is 19.7. The lowest BCUT2D eigenvalue weighted by Gasteiger charge is -2.33. The average Bonchev–Trinajstić information content (AvgIpc) is 2.85. The van der Waals surface area contributed by atoms with Crippen LogP contribution in [0, 0.1) is 11.3 Å². The van der Waals surface area contributed by atoms with E-state index in [0.29, 0.717) is 23.7 Å². The van der Waals surface area contributed by atoms with Gasteiger partial charge < -0.3 is 10.1 Å². The standard InChI is InChI=1S/C19H29N3O4S/c1-22-17(23)19(21-18(22)20,12-14-6-4-3-5-7-14)13-26-15-8-10-16(11-9-15)27(2,24)25/h8,10-11,14-15H,3-7,9,12-13H2,1-2H3,(H2,20,21). The van der Waals surface area contributed by atoms with Crippen LogP contribution in [0.2, 0.25) is 0 Å². The molecule has 0 radical (unpaired) electrons. The maximum atomic E-state index is 12.9. The number of ether oxygens (including phenoxy) is 1. The number of likely N-dealkylation sites (N-methyl/N-ethyl adjacent to an activating group) is 1. The highest BCUT2D eigenvalue weighted by atomic mass is 32.2. The minimum Gasteiger partial charge on any atom is -0.371 e. The van der Waals surface area contributed by atoms with Crippen molar-refractivity contribution in [3.05, 3.63) is 23.1 Å². The van der Waals surface area contributed by atoms with E-state index in [-0.39, 0.29) is 24.6 Å². The number of guanidine groups is 1. The van der Waals surface area contributed by atoms with Crippen LogP contribution >= 0.6 is 0 Å². The fraction of sp³-hybridized carbons (Fsp3) is 0.684. The van der Waals surface area contributed by atoms with Gasteiger partial charge in [-0.1, -0.05) is 44.3 Å². The Morgan fingerprint density at radius 1 is 1.33 bits per heavy atom. The van der Waals surface area contributed by atoms with Gasteiger partial charge in [0.25, 0.3) is 5.91 Å². The van der Waals surface area contributed by atoms with Crippen LogP contribution in [0.4, 0.5) is 0 Å². The van der Waals surface area contributed by atoms with Crippen molar-refractivity contribution < 1.29 is 17.9 Å². The van der Waals surface area contributed by atoms with Crippen molar-refractivity contribution >= 4 is 21.7 Å². The molecule has 27 heavy (non-hydrogen) atoms. The van der Waals surface area contributed by atoms with Crippen LogP contribution in [0.5, 0.6) is 0 Å². The molecule has 0 spiro atoms. The van der Waals surface area contributed by atoms with Crippen molar-refractivity contribution in [1.29, 1.82) is 5.41 Å². The maximum absolute atomic E-state index is 12.9. The monoisotopic (exact) mass is 395 g/mol. The second-order valence-corrected chi connectivity index (χ2v) is 9.97. The summed E-state index contributed by atoms with van der Waals surface area (Å²) in [5.74, 6) is 0.444. The fourth-order valence-electron chi connectivity index (χ4n) is 4.19. The molecule has 1 heterocycles. The normalized spacial score (nSPS) is 29.8. The molecule has 1 amide bonds. The number of nitrogens with zero attached hydrogens (tertiary/aromatic N) is 1. The Morgan fingerprint density at radius 3 is 2.56 bits per heavy atom. The molecule has 3 aliphatic rings. The summed E-state index contributed by atoms with van der Waals surface area (Å²) in [6, 6.07) is 0. The Labute approximate surface area is 161 Å². The van der Waals surface area contributed by atoms with E-state index in [2.05, 4.69) is 5.32 Å². The lowest BCUT2D eigenvalue weighted by molar-refractivity contribution is -0.134. The zero-order valence-electron chi connectivity index (χ0n) is 16.0. The predicted octanol–water partition coefficient (Wildman–Crippen LogP) is 1.97. The van der Waals surface area contributed by atoms with Crippen molar-refractivity contribution in [3.8, 4) is 0 Å². The quantitative estimate of drug-likeness (QED) is 0.716. The van der Waals surface area contributed by atoms with E-state index in [0.717, 1.165) is 12.8 Å². The van der Waals surface area contributed by atoms with Crippen LogP contribution < -0.4 is 5.32 Å². The van der Waals surface area contributed by atoms with E-state index in [9.17, 15) is 13.2 Å². The number of nitrogens with one attached hydrogen (secondary N) is 2. The van der Waals surface area contributed by atoms with Crippen LogP contribution in [0.15, 0.2) is 23.1 Å². The molecule has 2 unspecified atom stereocenters. The third-order valence-corrected chi connectivity index (χ3v) is 6.93. The molecule has 150 valence electrons. The first-order chi connectivity index (χ1) is 12.7. The number of hydrogen-bond donors (Lipinski definition) is 2. The molecule has 1 saturated heterocycles. The third kappa shape index (κ3) is 4.43. The molecule has 1 saturated carbocycles. The minimum atomic E-state index is -3.22. The Kier molecular flexibility index (Phi) is 5.76. The molecular weight excluding hydrogens is 366 g/mol. The van der Waals surface area contributed by atoms with E-state index < -0.39 is 15.4 Å². The fourth-order valence-corrected chi connectivity index (χ4v) is 4.92. The Bertz CT molecular complexity index is 768. The highest BCUT2D eigenvalue weighted by Gasteiger charge is 2.49. The first-order valence-corrected chi connectivity index (χ1v) is 11.5. The summed E-state index contributed by atoms with van der Waals surface area (Å²) in [7, 11) is -1.60. The van der Waals surface area contributed by atoms with E-state index in [4.69, 9.17) is 10.1 Å². The largest absolute Gasteiger partial charge is 0.371 e. The summed E-state index contributed by atoms with van der Waals surface area (Å²) < 4.78 is 29.2. The van der Waals surface area contributed by atoms with Gasteiger partial charge in [0, 0.05) is 13.3 Å². The van der Waals surface area contributed by atoms with Gasteiger partial charge in [-0.2, -0.15) is 0 Å². The molecule has 2 aliphatic carbocycles. The van der Waals surface area contributed by atoms with Gasteiger partial charge >= 0.3 is 0 Å². The van der Waals surface area contributed by atoms with E-state index in [1.54, 1.807) is 25.3 Å². The molecule has 2 fully saturated rings. The smallest absolute Gasteiger partial charge is 0.257 e. The van der Waals surface area contributed by atoms with Crippen molar-refractivity contribution in [2.45, 2.75) is 56.6 Å². The van der Waals surface area contributed by atoms with Crippen molar-refractivity contribution in [1.82, 2.24) is 10.2 Å². The van der Waals surface area contributed by atoms with Crippen LogP contribution in [-0.2, 0) is 19.4 Å². The van der Waals surface area contributed by atoms with E-state index >= 15 is 0 Å². The summed E-state index contributed by atoms with van der Waals surface area (Å²) >= 11 is 0. The lowest BCUT2D eigenvalue weighted by atomic mass is 9.79. The molecular formula is C19H29N3O4S.